The van der Waals surface area contributed by atoms with Crippen molar-refractivity contribution < 1.29 is 4.74 Å². The van der Waals surface area contributed by atoms with Crippen LogP contribution in [0.25, 0.3) is 10.4 Å². The topological polar surface area (TPSA) is 39.0 Å². The number of thiophene rings is 1. The molecule has 3 nitrogen and oxygen atoms in total. The Hall–Kier alpha value is -2.17. The predicted molar refractivity (Wildman–Crippen MR) is 104 cm³/mol. The average molecular weight is 369 g/mol. The van der Waals surface area contributed by atoms with Crippen LogP contribution >= 0.6 is 22.9 Å². The molecule has 3 aromatic rings. The second-order valence-corrected chi connectivity index (χ2v) is 8.06. The van der Waals surface area contributed by atoms with Crippen LogP contribution in [0.1, 0.15) is 28.5 Å². The molecular formula is C20H17ClN2OS. The first-order valence-electron chi connectivity index (χ1n) is 8.08. The van der Waals surface area contributed by atoms with Crippen molar-refractivity contribution in [2.75, 3.05) is 6.54 Å². The second kappa shape index (κ2) is 5.97. The molecule has 0 N–H and O–H groups in total. The molecule has 0 bridgehead atoms. The fourth-order valence-corrected chi connectivity index (χ4v) is 5.22. The van der Waals surface area contributed by atoms with E-state index in [-0.39, 0.29) is 5.41 Å². The molecule has 0 radical (unpaired) electrons. The van der Waals surface area contributed by atoms with Crippen LogP contribution in [-0.4, -0.2) is 22.5 Å². The van der Waals surface area contributed by atoms with Gasteiger partial charge in [0.15, 0.2) is 12.8 Å². The highest BCUT2D eigenvalue weighted by atomic mass is 35.5. The molecule has 3 heterocycles. The summed E-state index contributed by atoms with van der Waals surface area (Å²) in [6.45, 7) is 4.69. The van der Waals surface area contributed by atoms with Gasteiger partial charge in [-0.3, -0.25) is 4.98 Å². The molecule has 25 heavy (non-hydrogen) atoms. The Labute approximate surface area is 155 Å². The van der Waals surface area contributed by atoms with Crippen molar-refractivity contribution in [3.63, 3.8) is 0 Å². The van der Waals surface area contributed by atoms with E-state index in [1.54, 1.807) is 29.9 Å². The maximum absolute atomic E-state index is 12.4. The monoisotopic (exact) mass is 368 g/mol. The summed E-state index contributed by atoms with van der Waals surface area (Å²) in [7, 11) is 0. The molecule has 1 aliphatic heterocycles. The van der Waals surface area contributed by atoms with Crippen LogP contribution in [0.4, 0.5) is 0 Å². The highest BCUT2D eigenvalue weighted by Gasteiger charge is 2.41. The molecular weight excluding hydrogens is 352 g/mol. The van der Waals surface area contributed by atoms with Crippen LogP contribution in [0.2, 0.25) is 5.02 Å². The number of hydrogen-bond donors (Lipinski definition) is 0. The number of fused-ring (bicyclic) bond motifs is 1. The Balaban J connectivity index is 1.94. The standard InChI is InChI=1S/C20H17ClN2OS/c1-13-18-17(25-19(13)14-7-9-22-10-8-14)11-23(24)12-20(18,2)15-3-5-16(21)6-4-15/h3-11H,12H2,1-2H3. The first kappa shape index (κ1) is 16.3. The van der Waals surface area contributed by atoms with Gasteiger partial charge in [0.05, 0.1) is 10.3 Å². The van der Waals surface area contributed by atoms with Crippen molar-refractivity contribution >= 4 is 29.2 Å². The van der Waals surface area contributed by atoms with Crippen molar-refractivity contribution in [1.82, 2.24) is 4.98 Å². The average Bonchev–Trinajstić information content (AvgIpc) is 2.93. The van der Waals surface area contributed by atoms with E-state index in [2.05, 4.69) is 18.8 Å². The molecule has 1 atom stereocenters. The molecule has 5 heteroatoms. The van der Waals surface area contributed by atoms with Crippen LogP contribution in [0.15, 0.2) is 48.8 Å². The summed E-state index contributed by atoms with van der Waals surface area (Å²) in [4.78, 5) is 6.33. The number of nitrogens with zero attached hydrogens (tertiary/aromatic N) is 2. The minimum absolute atomic E-state index is 0.373. The summed E-state index contributed by atoms with van der Waals surface area (Å²) in [6.07, 6.45) is 5.32. The molecule has 0 saturated heterocycles. The molecule has 1 aliphatic rings. The lowest BCUT2D eigenvalue weighted by molar-refractivity contribution is -0.463. The lowest BCUT2D eigenvalue weighted by Crippen LogP contribution is -2.38. The van der Waals surface area contributed by atoms with Crippen LogP contribution in [0, 0.1) is 12.1 Å². The van der Waals surface area contributed by atoms with Gasteiger partial charge in [0, 0.05) is 22.3 Å². The Morgan fingerprint density at radius 3 is 2.52 bits per heavy atom. The third-order valence-corrected chi connectivity index (χ3v) is 6.41. The second-order valence-electron chi connectivity index (χ2n) is 6.57. The van der Waals surface area contributed by atoms with Gasteiger partial charge in [-0.25, -0.2) is 4.74 Å². The van der Waals surface area contributed by atoms with Crippen LogP contribution in [-0.2, 0) is 5.41 Å². The Kier molecular flexibility index (Phi) is 3.89. The fraction of sp³-hybridized carbons (Fsp3) is 0.200. The Bertz CT molecular complexity index is 963. The van der Waals surface area contributed by atoms with Crippen molar-refractivity contribution in [3.8, 4) is 10.4 Å². The predicted octanol–water partition coefficient (Wildman–Crippen LogP) is 5.02. The van der Waals surface area contributed by atoms with Gasteiger partial charge in [0.1, 0.15) is 0 Å². The summed E-state index contributed by atoms with van der Waals surface area (Å²) in [5, 5.41) is 13.1. The van der Waals surface area contributed by atoms with Crippen LogP contribution in [0.5, 0.6) is 0 Å². The number of rotatable bonds is 2. The highest BCUT2D eigenvalue weighted by molar-refractivity contribution is 7.17. The van der Waals surface area contributed by atoms with E-state index < -0.39 is 0 Å². The molecule has 126 valence electrons. The lowest BCUT2D eigenvalue weighted by atomic mass is 9.73. The fourth-order valence-electron chi connectivity index (χ4n) is 3.71. The van der Waals surface area contributed by atoms with Gasteiger partial charge < -0.3 is 5.21 Å². The molecule has 1 aromatic carbocycles. The van der Waals surface area contributed by atoms with Gasteiger partial charge in [0.2, 0.25) is 0 Å². The molecule has 0 fully saturated rings. The first-order chi connectivity index (χ1) is 12.0. The third kappa shape index (κ3) is 2.66. The Morgan fingerprint density at radius 1 is 1.16 bits per heavy atom. The van der Waals surface area contributed by atoms with E-state index in [0.29, 0.717) is 11.6 Å². The number of hydroxylamine groups is 1. The molecule has 0 saturated carbocycles. The van der Waals surface area contributed by atoms with Crippen molar-refractivity contribution in [3.05, 3.63) is 80.6 Å². The third-order valence-electron chi connectivity index (χ3n) is 4.88. The number of benzene rings is 1. The van der Waals surface area contributed by atoms with E-state index in [4.69, 9.17) is 11.6 Å². The summed E-state index contributed by atoms with van der Waals surface area (Å²) in [5.74, 6) is 0. The smallest absolute Gasteiger partial charge is 0.192 e. The van der Waals surface area contributed by atoms with Gasteiger partial charge in [-0.05, 0) is 60.4 Å². The summed E-state index contributed by atoms with van der Waals surface area (Å²) in [6, 6.07) is 11.8. The first-order valence-corrected chi connectivity index (χ1v) is 9.27. The van der Waals surface area contributed by atoms with E-state index >= 15 is 0 Å². The van der Waals surface area contributed by atoms with E-state index in [0.717, 1.165) is 20.7 Å². The molecule has 4 rings (SSSR count). The van der Waals surface area contributed by atoms with E-state index in [9.17, 15) is 5.21 Å². The summed E-state index contributed by atoms with van der Waals surface area (Å²) < 4.78 is 1.04. The largest absolute Gasteiger partial charge is 0.624 e. The number of hydrogen-bond acceptors (Lipinski definition) is 3. The van der Waals surface area contributed by atoms with Gasteiger partial charge in [-0.1, -0.05) is 23.7 Å². The number of aromatic nitrogens is 1. The van der Waals surface area contributed by atoms with E-state index in [1.165, 1.54) is 16.0 Å². The maximum atomic E-state index is 12.4. The molecule has 0 spiro atoms. The van der Waals surface area contributed by atoms with Gasteiger partial charge >= 0.3 is 0 Å². The SMILES string of the molecule is Cc1c(-c2ccncc2)sc2c1C(C)(c1ccc(Cl)cc1)C[N+]([O-])=C2. The van der Waals surface area contributed by atoms with Crippen molar-refractivity contribution in [2.45, 2.75) is 19.3 Å². The maximum Gasteiger partial charge on any atom is 0.192 e. The summed E-state index contributed by atoms with van der Waals surface area (Å²) >= 11 is 7.73. The van der Waals surface area contributed by atoms with Crippen molar-refractivity contribution in [1.29, 1.82) is 0 Å². The minimum Gasteiger partial charge on any atom is -0.624 e. The lowest BCUT2D eigenvalue weighted by Gasteiger charge is -2.32. The van der Waals surface area contributed by atoms with E-state index in [1.807, 2.05) is 36.4 Å². The highest BCUT2D eigenvalue weighted by Crippen LogP contribution is 2.45. The number of halogens is 1. The summed E-state index contributed by atoms with van der Waals surface area (Å²) in [5.41, 5.74) is 4.33. The van der Waals surface area contributed by atoms with Gasteiger partial charge in [0.25, 0.3) is 0 Å². The zero-order valence-electron chi connectivity index (χ0n) is 14.0. The molecule has 0 amide bonds. The molecule has 1 unspecified atom stereocenters. The molecule has 0 aliphatic carbocycles. The normalized spacial score (nSPS) is 19.4. The Morgan fingerprint density at radius 2 is 1.84 bits per heavy atom. The van der Waals surface area contributed by atoms with Crippen molar-refractivity contribution in [2.24, 2.45) is 0 Å². The zero-order chi connectivity index (χ0) is 17.6. The zero-order valence-corrected chi connectivity index (χ0v) is 15.6. The minimum atomic E-state index is -0.373. The van der Waals surface area contributed by atoms with Gasteiger partial charge in [-0.2, -0.15) is 0 Å². The van der Waals surface area contributed by atoms with Crippen LogP contribution < -0.4 is 0 Å². The number of pyridine rings is 1. The van der Waals surface area contributed by atoms with Gasteiger partial charge in [-0.15, -0.1) is 11.3 Å². The molecule has 2 aromatic heterocycles. The van der Waals surface area contributed by atoms with Crippen LogP contribution in [0.3, 0.4) is 0 Å². The quantitative estimate of drug-likeness (QED) is 0.470.